The zero-order valence-corrected chi connectivity index (χ0v) is 14.2. The molecule has 0 heterocycles. The van der Waals surface area contributed by atoms with Crippen LogP contribution in [0.2, 0.25) is 0 Å². The third-order valence-electron chi connectivity index (χ3n) is 3.45. The zero-order valence-electron chi connectivity index (χ0n) is 14.2. The minimum atomic E-state index is -0.807. The normalized spacial score (nSPS) is 10.8. The van der Waals surface area contributed by atoms with Crippen molar-refractivity contribution in [2.75, 3.05) is 6.61 Å². The van der Waals surface area contributed by atoms with Gasteiger partial charge >= 0.3 is 5.97 Å². The van der Waals surface area contributed by atoms with Crippen LogP contribution in [0.15, 0.2) is 30.4 Å². The van der Waals surface area contributed by atoms with Crippen LogP contribution >= 0.6 is 0 Å². The van der Waals surface area contributed by atoms with E-state index < -0.39 is 27.2 Å². The highest BCUT2D eigenvalue weighted by atomic mass is 16.6. The fraction of sp³-hybridized carbons (Fsp3) is 0.471. The first kappa shape index (κ1) is 20.3. The van der Waals surface area contributed by atoms with E-state index in [2.05, 4.69) is 13.0 Å². The summed E-state index contributed by atoms with van der Waals surface area (Å²) in [7, 11) is 0. The molecule has 8 nitrogen and oxygen atoms in total. The molecule has 1 rings (SSSR count). The van der Waals surface area contributed by atoms with E-state index in [1.165, 1.54) is 12.8 Å². The number of ether oxygens (including phenoxy) is 1. The molecule has 0 saturated carbocycles. The summed E-state index contributed by atoms with van der Waals surface area (Å²) < 4.78 is 5.02. The molecule has 136 valence electrons. The number of benzene rings is 1. The van der Waals surface area contributed by atoms with Crippen LogP contribution in [-0.2, 0) is 4.74 Å². The summed E-state index contributed by atoms with van der Waals surface area (Å²) in [6.07, 6.45) is 10.1. The van der Waals surface area contributed by atoms with Crippen LogP contribution in [0, 0.1) is 20.2 Å². The van der Waals surface area contributed by atoms with E-state index in [-0.39, 0.29) is 12.2 Å². The lowest BCUT2D eigenvalue weighted by atomic mass is 10.1. The number of hydrogen-bond acceptors (Lipinski definition) is 6. The van der Waals surface area contributed by atoms with Gasteiger partial charge in [0.1, 0.15) is 0 Å². The molecule has 0 spiro atoms. The van der Waals surface area contributed by atoms with Crippen LogP contribution < -0.4 is 0 Å². The number of allylic oxidation sites excluding steroid dienone is 2. The number of esters is 1. The molecule has 0 aromatic heterocycles. The summed E-state index contributed by atoms with van der Waals surface area (Å²) in [4.78, 5) is 31.9. The number of non-ortho nitro benzene ring substituents is 2. The van der Waals surface area contributed by atoms with Crippen LogP contribution in [0.4, 0.5) is 11.4 Å². The van der Waals surface area contributed by atoms with E-state index in [1.807, 2.05) is 6.08 Å². The Morgan fingerprint density at radius 3 is 2.08 bits per heavy atom. The van der Waals surface area contributed by atoms with Gasteiger partial charge < -0.3 is 4.74 Å². The van der Waals surface area contributed by atoms with Crippen molar-refractivity contribution in [2.24, 2.45) is 0 Å². The fourth-order valence-electron chi connectivity index (χ4n) is 2.12. The Balaban J connectivity index is 2.49. The van der Waals surface area contributed by atoms with Gasteiger partial charge in [-0.3, -0.25) is 20.2 Å². The average molecular weight is 350 g/mol. The molecule has 0 bridgehead atoms. The van der Waals surface area contributed by atoms with Crippen LogP contribution in [0.3, 0.4) is 0 Å². The number of nitrogens with zero attached hydrogens (tertiary/aromatic N) is 2. The van der Waals surface area contributed by atoms with Gasteiger partial charge in [0.05, 0.1) is 28.1 Å². The van der Waals surface area contributed by atoms with Crippen molar-refractivity contribution in [3.8, 4) is 0 Å². The van der Waals surface area contributed by atoms with Gasteiger partial charge in [0.15, 0.2) is 0 Å². The number of unbranched alkanes of at least 4 members (excludes halogenated alkanes) is 4. The zero-order chi connectivity index (χ0) is 18.7. The van der Waals surface area contributed by atoms with Gasteiger partial charge in [-0.2, -0.15) is 0 Å². The second-order valence-electron chi connectivity index (χ2n) is 5.50. The van der Waals surface area contributed by atoms with Gasteiger partial charge in [-0.25, -0.2) is 4.79 Å². The van der Waals surface area contributed by atoms with Crippen molar-refractivity contribution in [3.63, 3.8) is 0 Å². The molecule has 25 heavy (non-hydrogen) atoms. The number of nitro benzene ring substituents is 2. The van der Waals surface area contributed by atoms with Gasteiger partial charge in [-0.15, -0.1) is 0 Å². The lowest BCUT2D eigenvalue weighted by Gasteiger charge is -2.04. The molecule has 0 atom stereocenters. The first-order chi connectivity index (χ1) is 12.0. The highest BCUT2D eigenvalue weighted by Crippen LogP contribution is 2.23. The molecule has 1 aromatic rings. The van der Waals surface area contributed by atoms with Crippen LogP contribution in [0.25, 0.3) is 0 Å². The number of nitro groups is 2. The molecule has 8 heteroatoms. The SMILES string of the molecule is CCCCC/C=C\CCCOC(=O)c1cc([N+](=O)[O-])cc([N+](=O)[O-])c1. The molecule has 0 aliphatic rings. The highest BCUT2D eigenvalue weighted by molar-refractivity contribution is 5.91. The maximum Gasteiger partial charge on any atom is 0.338 e. The highest BCUT2D eigenvalue weighted by Gasteiger charge is 2.20. The lowest BCUT2D eigenvalue weighted by molar-refractivity contribution is -0.394. The average Bonchev–Trinajstić information content (AvgIpc) is 2.59. The van der Waals surface area contributed by atoms with E-state index in [0.717, 1.165) is 37.5 Å². The standard InChI is InChI=1S/C17H22N2O6/c1-2-3-4-5-6-7-8-9-10-25-17(20)14-11-15(18(21)22)13-16(12-14)19(23)24/h6-7,11-13H,2-5,8-10H2,1H3/b7-6-. The minimum Gasteiger partial charge on any atom is -0.462 e. The lowest BCUT2D eigenvalue weighted by Crippen LogP contribution is -2.07. The predicted octanol–water partition coefficient (Wildman–Crippen LogP) is 4.58. The Morgan fingerprint density at radius 2 is 1.56 bits per heavy atom. The second-order valence-corrected chi connectivity index (χ2v) is 5.50. The Hall–Kier alpha value is -2.77. The summed E-state index contributed by atoms with van der Waals surface area (Å²) in [5.41, 5.74) is -1.23. The maximum absolute atomic E-state index is 11.9. The first-order valence-electron chi connectivity index (χ1n) is 8.21. The molecule has 0 saturated heterocycles. The summed E-state index contributed by atoms with van der Waals surface area (Å²) in [5.74, 6) is -0.807. The van der Waals surface area contributed by atoms with E-state index >= 15 is 0 Å². The molecule has 1 aromatic carbocycles. The summed E-state index contributed by atoms with van der Waals surface area (Å²) in [6.45, 7) is 2.29. The number of hydrogen-bond donors (Lipinski definition) is 0. The van der Waals surface area contributed by atoms with Gasteiger partial charge in [0.25, 0.3) is 11.4 Å². The number of carbonyl (C=O) groups excluding carboxylic acids is 1. The molecule has 0 radical (unpaired) electrons. The molecule has 0 unspecified atom stereocenters. The van der Waals surface area contributed by atoms with Crippen molar-refractivity contribution >= 4 is 17.3 Å². The Bertz CT molecular complexity index is 610. The largest absolute Gasteiger partial charge is 0.462 e. The molecule has 0 N–H and O–H groups in total. The Labute approximate surface area is 145 Å². The summed E-state index contributed by atoms with van der Waals surface area (Å²) in [5, 5.41) is 21.6. The van der Waals surface area contributed by atoms with E-state index in [1.54, 1.807) is 0 Å². The van der Waals surface area contributed by atoms with Crippen LogP contribution in [0.5, 0.6) is 0 Å². The van der Waals surface area contributed by atoms with Crippen molar-refractivity contribution in [3.05, 3.63) is 56.1 Å². The van der Waals surface area contributed by atoms with Gasteiger partial charge in [0, 0.05) is 12.1 Å². The Kier molecular flexibility index (Phi) is 8.84. The molecular formula is C17H22N2O6. The quantitative estimate of drug-likeness (QED) is 0.190. The second kappa shape index (κ2) is 10.9. The third-order valence-corrected chi connectivity index (χ3v) is 3.45. The third kappa shape index (κ3) is 7.56. The molecular weight excluding hydrogens is 328 g/mol. The van der Waals surface area contributed by atoms with E-state index in [9.17, 15) is 25.0 Å². The van der Waals surface area contributed by atoms with Gasteiger partial charge in [-0.05, 0) is 25.7 Å². The van der Waals surface area contributed by atoms with E-state index in [0.29, 0.717) is 6.42 Å². The van der Waals surface area contributed by atoms with Gasteiger partial charge in [-0.1, -0.05) is 31.9 Å². The van der Waals surface area contributed by atoms with Crippen LogP contribution in [0.1, 0.15) is 55.8 Å². The van der Waals surface area contributed by atoms with Crippen LogP contribution in [-0.4, -0.2) is 22.4 Å². The summed E-state index contributed by atoms with van der Waals surface area (Å²) >= 11 is 0. The van der Waals surface area contributed by atoms with Crippen molar-refractivity contribution in [2.45, 2.75) is 45.4 Å². The Morgan fingerprint density at radius 1 is 1.00 bits per heavy atom. The number of rotatable bonds is 11. The molecule has 0 amide bonds. The predicted molar refractivity (Wildman–Crippen MR) is 92.5 cm³/mol. The minimum absolute atomic E-state index is 0.147. The number of carbonyl (C=O) groups is 1. The topological polar surface area (TPSA) is 113 Å². The van der Waals surface area contributed by atoms with Gasteiger partial charge in [0.2, 0.25) is 0 Å². The smallest absolute Gasteiger partial charge is 0.338 e. The molecule has 0 aliphatic carbocycles. The first-order valence-corrected chi connectivity index (χ1v) is 8.21. The van der Waals surface area contributed by atoms with Crippen molar-refractivity contribution in [1.82, 2.24) is 0 Å². The monoisotopic (exact) mass is 350 g/mol. The molecule has 0 aliphatic heterocycles. The fourth-order valence-corrected chi connectivity index (χ4v) is 2.12. The van der Waals surface area contributed by atoms with Crippen molar-refractivity contribution in [1.29, 1.82) is 0 Å². The summed E-state index contributed by atoms with van der Waals surface area (Å²) in [6, 6.07) is 2.76. The molecule has 0 fully saturated rings. The maximum atomic E-state index is 11.9. The van der Waals surface area contributed by atoms with Crippen molar-refractivity contribution < 1.29 is 19.4 Å². The van der Waals surface area contributed by atoms with E-state index in [4.69, 9.17) is 4.74 Å².